The molecular formula is C17H16BrN3O3. The minimum atomic E-state index is -0.427. The maximum absolute atomic E-state index is 12.3. The molecule has 0 saturated carbocycles. The molecule has 1 aliphatic heterocycles. The molecule has 0 radical (unpaired) electrons. The lowest BCUT2D eigenvalue weighted by atomic mass is 10.1. The van der Waals surface area contributed by atoms with Crippen LogP contribution in [0, 0.1) is 10.1 Å². The Kier molecular flexibility index (Phi) is 4.80. The normalized spacial score (nSPS) is 13.8. The molecule has 1 amide bonds. The number of nitro groups is 1. The minimum Gasteiger partial charge on any atom is -0.366 e. The van der Waals surface area contributed by atoms with Crippen LogP contribution < -0.4 is 10.2 Å². The summed E-state index contributed by atoms with van der Waals surface area (Å²) >= 11 is 3.33. The Morgan fingerprint density at radius 2 is 1.79 bits per heavy atom. The van der Waals surface area contributed by atoms with Crippen molar-refractivity contribution in [3.8, 4) is 0 Å². The van der Waals surface area contributed by atoms with Crippen LogP contribution in [-0.4, -0.2) is 23.9 Å². The van der Waals surface area contributed by atoms with E-state index in [-0.39, 0.29) is 17.2 Å². The highest BCUT2D eigenvalue weighted by molar-refractivity contribution is 9.10. The van der Waals surface area contributed by atoms with Gasteiger partial charge in [0.25, 0.3) is 11.6 Å². The van der Waals surface area contributed by atoms with Gasteiger partial charge in [-0.2, -0.15) is 0 Å². The highest BCUT2D eigenvalue weighted by atomic mass is 79.9. The minimum absolute atomic E-state index is 0.0274. The molecule has 24 heavy (non-hydrogen) atoms. The van der Waals surface area contributed by atoms with Gasteiger partial charge in [0, 0.05) is 34.9 Å². The fourth-order valence-corrected chi connectivity index (χ4v) is 3.04. The standard InChI is InChI=1S/C17H16BrN3O3/c18-13-4-6-14(7-5-13)19-17(22)12-3-8-15(16(11-12)21(23)24)20-9-1-2-10-20/h3-8,11H,1-2,9-10H2,(H,19,22). The van der Waals surface area contributed by atoms with Gasteiger partial charge in [0.05, 0.1) is 4.92 Å². The van der Waals surface area contributed by atoms with Gasteiger partial charge in [0.15, 0.2) is 0 Å². The molecule has 0 aliphatic carbocycles. The zero-order valence-corrected chi connectivity index (χ0v) is 14.5. The highest BCUT2D eigenvalue weighted by Gasteiger charge is 2.23. The van der Waals surface area contributed by atoms with E-state index >= 15 is 0 Å². The van der Waals surface area contributed by atoms with Gasteiger partial charge in [-0.1, -0.05) is 15.9 Å². The molecule has 3 rings (SSSR count). The van der Waals surface area contributed by atoms with Crippen LogP contribution in [0.1, 0.15) is 23.2 Å². The van der Waals surface area contributed by atoms with Crippen molar-refractivity contribution >= 4 is 38.9 Å². The second-order valence-corrected chi connectivity index (χ2v) is 6.53. The van der Waals surface area contributed by atoms with Crippen molar-refractivity contribution in [2.45, 2.75) is 12.8 Å². The van der Waals surface area contributed by atoms with Crippen molar-refractivity contribution in [1.82, 2.24) is 0 Å². The van der Waals surface area contributed by atoms with Crippen LogP contribution in [0.5, 0.6) is 0 Å². The fourth-order valence-electron chi connectivity index (χ4n) is 2.77. The number of nitro benzene ring substituents is 1. The molecule has 0 aromatic heterocycles. The molecular weight excluding hydrogens is 374 g/mol. The van der Waals surface area contributed by atoms with E-state index in [0.717, 1.165) is 30.4 Å². The molecule has 1 fully saturated rings. The smallest absolute Gasteiger partial charge is 0.293 e. The molecule has 0 bridgehead atoms. The van der Waals surface area contributed by atoms with Crippen LogP contribution in [0.4, 0.5) is 17.1 Å². The first-order valence-electron chi connectivity index (χ1n) is 7.65. The number of benzene rings is 2. The summed E-state index contributed by atoms with van der Waals surface area (Å²) in [6.45, 7) is 1.62. The summed E-state index contributed by atoms with van der Waals surface area (Å²) < 4.78 is 0.908. The number of carbonyl (C=O) groups excluding carboxylic acids is 1. The molecule has 124 valence electrons. The van der Waals surface area contributed by atoms with Crippen LogP contribution in [0.15, 0.2) is 46.9 Å². The van der Waals surface area contributed by atoms with Crippen molar-refractivity contribution < 1.29 is 9.72 Å². The number of halogens is 1. The number of carbonyl (C=O) groups is 1. The molecule has 1 saturated heterocycles. The van der Waals surface area contributed by atoms with Gasteiger partial charge in [-0.25, -0.2) is 0 Å². The Hall–Kier alpha value is -2.41. The van der Waals surface area contributed by atoms with Crippen molar-refractivity contribution in [3.05, 3.63) is 62.6 Å². The Balaban J connectivity index is 1.85. The predicted molar refractivity (Wildman–Crippen MR) is 96.6 cm³/mol. The highest BCUT2D eigenvalue weighted by Crippen LogP contribution is 2.31. The second kappa shape index (κ2) is 7.00. The van der Waals surface area contributed by atoms with Crippen LogP contribution in [0.25, 0.3) is 0 Å². The molecule has 0 unspecified atom stereocenters. The third kappa shape index (κ3) is 3.56. The first-order valence-corrected chi connectivity index (χ1v) is 8.44. The molecule has 1 N–H and O–H groups in total. The summed E-state index contributed by atoms with van der Waals surface area (Å²) in [7, 11) is 0. The lowest BCUT2D eigenvalue weighted by Gasteiger charge is -2.17. The summed E-state index contributed by atoms with van der Waals surface area (Å²) in [5.41, 5.74) is 1.46. The van der Waals surface area contributed by atoms with E-state index in [1.807, 2.05) is 17.0 Å². The first kappa shape index (κ1) is 16.4. The summed E-state index contributed by atoms with van der Waals surface area (Å²) in [6, 6.07) is 11.8. The third-order valence-electron chi connectivity index (χ3n) is 3.98. The average molecular weight is 390 g/mol. The lowest BCUT2D eigenvalue weighted by Crippen LogP contribution is -2.19. The molecule has 2 aromatic carbocycles. The molecule has 1 heterocycles. The number of hydrogen-bond acceptors (Lipinski definition) is 4. The number of nitrogens with one attached hydrogen (secondary N) is 1. The van der Waals surface area contributed by atoms with Crippen LogP contribution in [0.3, 0.4) is 0 Å². The van der Waals surface area contributed by atoms with Crippen LogP contribution >= 0.6 is 15.9 Å². The van der Waals surface area contributed by atoms with E-state index in [2.05, 4.69) is 21.2 Å². The average Bonchev–Trinajstić information content (AvgIpc) is 3.10. The van der Waals surface area contributed by atoms with Gasteiger partial charge in [-0.3, -0.25) is 14.9 Å². The predicted octanol–water partition coefficient (Wildman–Crippen LogP) is 4.21. The summed E-state index contributed by atoms with van der Waals surface area (Å²) in [5.74, 6) is -0.367. The topological polar surface area (TPSA) is 75.5 Å². The monoisotopic (exact) mass is 389 g/mol. The zero-order valence-electron chi connectivity index (χ0n) is 12.9. The lowest BCUT2D eigenvalue weighted by molar-refractivity contribution is -0.384. The van der Waals surface area contributed by atoms with Crippen molar-refractivity contribution in [2.75, 3.05) is 23.3 Å². The summed E-state index contributed by atoms with van der Waals surface area (Å²) in [6.07, 6.45) is 2.06. The van der Waals surface area contributed by atoms with Gasteiger partial charge in [0.2, 0.25) is 0 Å². The van der Waals surface area contributed by atoms with Gasteiger partial charge in [-0.15, -0.1) is 0 Å². The molecule has 2 aromatic rings. The van der Waals surface area contributed by atoms with Crippen molar-refractivity contribution in [2.24, 2.45) is 0 Å². The molecule has 0 spiro atoms. The molecule has 6 nitrogen and oxygen atoms in total. The van der Waals surface area contributed by atoms with E-state index in [1.54, 1.807) is 24.3 Å². The summed E-state index contributed by atoms with van der Waals surface area (Å²) in [5, 5.41) is 14.1. The largest absolute Gasteiger partial charge is 0.366 e. The summed E-state index contributed by atoms with van der Waals surface area (Å²) in [4.78, 5) is 25.3. The molecule has 0 atom stereocenters. The Morgan fingerprint density at radius 3 is 2.42 bits per heavy atom. The van der Waals surface area contributed by atoms with Crippen LogP contribution in [0.2, 0.25) is 0 Å². The Bertz CT molecular complexity index is 771. The number of rotatable bonds is 4. The van der Waals surface area contributed by atoms with Gasteiger partial charge < -0.3 is 10.2 Å². The Morgan fingerprint density at radius 1 is 1.12 bits per heavy atom. The van der Waals surface area contributed by atoms with Crippen molar-refractivity contribution in [1.29, 1.82) is 0 Å². The van der Waals surface area contributed by atoms with Crippen molar-refractivity contribution in [3.63, 3.8) is 0 Å². The first-order chi connectivity index (χ1) is 11.5. The molecule has 1 aliphatic rings. The van der Waals surface area contributed by atoms with E-state index in [0.29, 0.717) is 11.4 Å². The van der Waals surface area contributed by atoms with E-state index in [9.17, 15) is 14.9 Å². The Labute approximate surface area is 147 Å². The number of hydrogen-bond donors (Lipinski definition) is 1. The number of amides is 1. The zero-order chi connectivity index (χ0) is 17.1. The molecule has 7 heteroatoms. The van der Waals surface area contributed by atoms with E-state index in [1.165, 1.54) is 6.07 Å². The third-order valence-corrected chi connectivity index (χ3v) is 4.51. The number of nitrogens with zero attached hydrogens (tertiary/aromatic N) is 2. The second-order valence-electron chi connectivity index (χ2n) is 5.62. The van der Waals surface area contributed by atoms with Gasteiger partial charge in [0.1, 0.15) is 5.69 Å². The maximum Gasteiger partial charge on any atom is 0.293 e. The maximum atomic E-state index is 12.3. The van der Waals surface area contributed by atoms with Gasteiger partial charge in [-0.05, 0) is 49.2 Å². The van der Waals surface area contributed by atoms with E-state index < -0.39 is 4.92 Å². The van der Waals surface area contributed by atoms with E-state index in [4.69, 9.17) is 0 Å². The fraction of sp³-hybridized carbons (Fsp3) is 0.235. The van der Waals surface area contributed by atoms with Gasteiger partial charge >= 0.3 is 0 Å². The quantitative estimate of drug-likeness (QED) is 0.627. The number of anilines is 2. The van der Waals surface area contributed by atoms with Crippen LogP contribution in [-0.2, 0) is 0 Å². The SMILES string of the molecule is O=C(Nc1ccc(Br)cc1)c1ccc(N2CCCC2)c([N+](=O)[O-])c1.